The van der Waals surface area contributed by atoms with E-state index < -0.39 is 0 Å². The van der Waals surface area contributed by atoms with Crippen LogP contribution in [0.4, 0.5) is 0 Å². The standard InChI is InChI=1S/C15H25N3O2/c1-9-10(2)20-11(3)15(9)13(16-4)6-12-7-14(19-5)18-8-17-12/h7-11,13,15-16H,6H2,1-5H3. The maximum atomic E-state index is 5.95. The van der Waals surface area contributed by atoms with E-state index in [1.165, 1.54) is 0 Å². The Hall–Kier alpha value is -1.20. The highest BCUT2D eigenvalue weighted by atomic mass is 16.5. The maximum absolute atomic E-state index is 5.95. The van der Waals surface area contributed by atoms with E-state index in [9.17, 15) is 0 Å². The van der Waals surface area contributed by atoms with E-state index in [1.807, 2.05) is 13.1 Å². The van der Waals surface area contributed by atoms with Crippen molar-refractivity contribution in [3.63, 3.8) is 0 Å². The van der Waals surface area contributed by atoms with Crippen molar-refractivity contribution in [3.05, 3.63) is 18.1 Å². The molecule has 0 saturated carbocycles. The first-order valence-corrected chi connectivity index (χ1v) is 7.24. The molecular formula is C15H25N3O2. The molecule has 0 spiro atoms. The second kappa shape index (κ2) is 6.50. The van der Waals surface area contributed by atoms with Crippen LogP contribution in [0.1, 0.15) is 26.5 Å². The fourth-order valence-corrected chi connectivity index (χ4v) is 3.24. The molecule has 112 valence electrons. The summed E-state index contributed by atoms with van der Waals surface area (Å²) in [7, 11) is 3.63. The summed E-state index contributed by atoms with van der Waals surface area (Å²) in [6, 6.07) is 2.24. The van der Waals surface area contributed by atoms with Crippen molar-refractivity contribution >= 4 is 0 Å². The number of aromatic nitrogens is 2. The minimum atomic E-state index is 0.265. The number of nitrogens with zero attached hydrogens (tertiary/aromatic N) is 2. The van der Waals surface area contributed by atoms with E-state index in [2.05, 4.69) is 36.1 Å². The van der Waals surface area contributed by atoms with E-state index in [0.29, 0.717) is 29.9 Å². The SMILES string of the molecule is CNC(Cc1cc(OC)ncn1)C1C(C)OC(C)C1C. The van der Waals surface area contributed by atoms with Gasteiger partial charge in [-0.2, -0.15) is 0 Å². The predicted molar refractivity (Wildman–Crippen MR) is 77.8 cm³/mol. The third-order valence-electron chi connectivity index (χ3n) is 4.49. The monoisotopic (exact) mass is 279 g/mol. The normalized spacial score (nSPS) is 31.2. The van der Waals surface area contributed by atoms with E-state index in [1.54, 1.807) is 13.4 Å². The third-order valence-corrected chi connectivity index (χ3v) is 4.49. The van der Waals surface area contributed by atoms with Gasteiger partial charge >= 0.3 is 0 Å². The van der Waals surface area contributed by atoms with Crippen molar-refractivity contribution in [1.82, 2.24) is 15.3 Å². The number of hydrogen-bond acceptors (Lipinski definition) is 5. The Morgan fingerprint density at radius 3 is 2.60 bits per heavy atom. The van der Waals surface area contributed by atoms with E-state index >= 15 is 0 Å². The molecule has 1 N–H and O–H groups in total. The van der Waals surface area contributed by atoms with Crippen LogP contribution < -0.4 is 10.1 Å². The number of likely N-dealkylation sites (N-methyl/N-ethyl adjacent to an activating group) is 1. The molecule has 1 aromatic heterocycles. The molecule has 0 bridgehead atoms. The van der Waals surface area contributed by atoms with E-state index in [-0.39, 0.29) is 6.10 Å². The van der Waals surface area contributed by atoms with Crippen LogP contribution in [-0.2, 0) is 11.2 Å². The van der Waals surface area contributed by atoms with Gasteiger partial charge in [-0.25, -0.2) is 9.97 Å². The van der Waals surface area contributed by atoms with Crippen LogP contribution in [0, 0.1) is 11.8 Å². The topological polar surface area (TPSA) is 56.3 Å². The first-order valence-electron chi connectivity index (χ1n) is 7.24. The Labute approximate surface area is 121 Å². The van der Waals surface area contributed by atoms with Crippen molar-refractivity contribution < 1.29 is 9.47 Å². The molecule has 5 atom stereocenters. The maximum Gasteiger partial charge on any atom is 0.216 e. The van der Waals surface area contributed by atoms with Crippen molar-refractivity contribution in [2.45, 2.75) is 45.4 Å². The molecule has 1 saturated heterocycles. The first kappa shape index (κ1) is 15.2. The lowest BCUT2D eigenvalue weighted by atomic mass is 9.81. The van der Waals surface area contributed by atoms with Crippen LogP contribution >= 0.6 is 0 Å². The molecule has 5 nitrogen and oxygen atoms in total. The average Bonchev–Trinajstić information content (AvgIpc) is 2.70. The van der Waals surface area contributed by atoms with Crippen LogP contribution in [0.15, 0.2) is 12.4 Å². The van der Waals surface area contributed by atoms with E-state index in [0.717, 1.165) is 12.1 Å². The molecular weight excluding hydrogens is 254 g/mol. The molecule has 1 aromatic rings. The Kier molecular flexibility index (Phi) is 4.94. The minimum absolute atomic E-state index is 0.265. The zero-order chi connectivity index (χ0) is 14.7. The van der Waals surface area contributed by atoms with Gasteiger partial charge in [0.15, 0.2) is 0 Å². The van der Waals surface area contributed by atoms with Crippen molar-refractivity contribution in [3.8, 4) is 5.88 Å². The molecule has 20 heavy (non-hydrogen) atoms. The van der Waals surface area contributed by atoms with Gasteiger partial charge in [0.1, 0.15) is 6.33 Å². The molecule has 1 aliphatic rings. The van der Waals surface area contributed by atoms with E-state index in [4.69, 9.17) is 9.47 Å². The van der Waals surface area contributed by atoms with Gasteiger partial charge < -0.3 is 14.8 Å². The fraction of sp³-hybridized carbons (Fsp3) is 0.733. The zero-order valence-electron chi connectivity index (χ0n) is 13.0. The lowest BCUT2D eigenvalue weighted by molar-refractivity contribution is 0.0478. The molecule has 5 heteroatoms. The van der Waals surface area contributed by atoms with Crippen molar-refractivity contribution in [2.24, 2.45) is 11.8 Å². The highest BCUT2D eigenvalue weighted by Crippen LogP contribution is 2.35. The highest BCUT2D eigenvalue weighted by molar-refractivity contribution is 5.15. The number of ether oxygens (including phenoxy) is 2. The first-order chi connectivity index (χ1) is 9.56. The van der Waals surface area contributed by atoms with Gasteiger partial charge in [-0.05, 0) is 26.8 Å². The number of nitrogens with one attached hydrogen (secondary N) is 1. The van der Waals surface area contributed by atoms with Gasteiger partial charge in [-0.3, -0.25) is 0 Å². The zero-order valence-corrected chi connectivity index (χ0v) is 13.0. The molecule has 2 rings (SSSR count). The molecule has 1 aliphatic heterocycles. The van der Waals surface area contributed by atoms with Crippen molar-refractivity contribution in [1.29, 1.82) is 0 Å². The van der Waals surface area contributed by atoms with Crippen molar-refractivity contribution in [2.75, 3.05) is 14.2 Å². The largest absolute Gasteiger partial charge is 0.481 e. The van der Waals surface area contributed by atoms with Gasteiger partial charge in [0.05, 0.1) is 19.3 Å². The minimum Gasteiger partial charge on any atom is -0.481 e. The Morgan fingerprint density at radius 1 is 1.30 bits per heavy atom. The smallest absolute Gasteiger partial charge is 0.216 e. The summed E-state index contributed by atoms with van der Waals surface area (Å²) in [5, 5.41) is 3.43. The summed E-state index contributed by atoms with van der Waals surface area (Å²) in [6.07, 6.45) is 2.98. The van der Waals surface area contributed by atoms with Gasteiger partial charge in [0.2, 0.25) is 5.88 Å². The summed E-state index contributed by atoms with van der Waals surface area (Å²) in [4.78, 5) is 8.40. The van der Waals surface area contributed by atoms with Crippen LogP contribution in [0.2, 0.25) is 0 Å². The van der Waals surface area contributed by atoms with Crippen LogP contribution in [0.3, 0.4) is 0 Å². The summed E-state index contributed by atoms with van der Waals surface area (Å²) >= 11 is 0. The molecule has 5 unspecified atom stereocenters. The highest BCUT2D eigenvalue weighted by Gasteiger charge is 2.41. The second-order valence-corrected chi connectivity index (χ2v) is 5.63. The Morgan fingerprint density at radius 2 is 2.05 bits per heavy atom. The summed E-state index contributed by atoms with van der Waals surface area (Å²) in [5.74, 6) is 1.63. The second-order valence-electron chi connectivity index (χ2n) is 5.63. The predicted octanol–water partition coefficient (Wildman–Crippen LogP) is 1.68. The quantitative estimate of drug-likeness (QED) is 0.888. The summed E-state index contributed by atoms with van der Waals surface area (Å²) < 4.78 is 11.1. The molecule has 1 fully saturated rings. The van der Waals surface area contributed by atoms with Crippen LogP contribution in [-0.4, -0.2) is 42.4 Å². The van der Waals surface area contributed by atoms with Gasteiger partial charge in [-0.1, -0.05) is 6.92 Å². The lowest BCUT2D eigenvalue weighted by Gasteiger charge is -2.28. The number of hydrogen-bond donors (Lipinski definition) is 1. The molecule has 0 aromatic carbocycles. The number of rotatable bonds is 5. The Balaban J connectivity index is 2.12. The Bertz CT molecular complexity index is 441. The molecule has 0 aliphatic carbocycles. The van der Waals surface area contributed by atoms with Crippen LogP contribution in [0.25, 0.3) is 0 Å². The molecule has 0 radical (unpaired) electrons. The molecule has 2 heterocycles. The van der Waals surface area contributed by atoms with Gasteiger partial charge in [0.25, 0.3) is 0 Å². The summed E-state index contributed by atoms with van der Waals surface area (Å²) in [5.41, 5.74) is 0.996. The summed E-state index contributed by atoms with van der Waals surface area (Å²) in [6.45, 7) is 6.58. The fourth-order valence-electron chi connectivity index (χ4n) is 3.24. The van der Waals surface area contributed by atoms with Gasteiger partial charge in [-0.15, -0.1) is 0 Å². The molecule has 0 amide bonds. The van der Waals surface area contributed by atoms with Gasteiger partial charge in [0, 0.05) is 30.1 Å². The lowest BCUT2D eigenvalue weighted by Crippen LogP contribution is -2.41. The van der Waals surface area contributed by atoms with Crippen LogP contribution in [0.5, 0.6) is 5.88 Å². The third kappa shape index (κ3) is 3.10. The average molecular weight is 279 g/mol. The number of methoxy groups -OCH3 is 1.